The van der Waals surface area contributed by atoms with Gasteiger partial charge in [-0.25, -0.2) is 0 Å². The summed E-state index contributed by atoms with van der Waals surface area (Å²) in [5.41, 5.74) is 2.19. The Morgan fingerprint density at radius 1 is 1.10 bits per heavy atom. The highest BCUT2D eigenvalue weighted by atomic mass is 35.5. The van der Waals surface area contributed by atoms with Crippen LogP contribution in [0.15, 0.2) is 66.2 Å². The molecule has 0 amide bonds. The molecule has 0 saturated heterocycles. The molecule has 0 atom stereocenters. The fourth-order valence-electron chi connectivity index (χ4n) is 2.86. The number of aromatic nitrogens is 5. The van der Waals surface area contributed by atoms with Crippen molar-refractivity contribution in [2.24, 2.45) is 7.05 Å². The second-order valence-electron chi connectivity index (χ2n) is 6.20. The van der Waals surface area contributed by atoms with Gasteiger partial charge < -0.3 is 4.57 Å². The lowest BCUT2D eigenvalue weighted by molar-refractivity contribution is 0.101. The maximum Gasteiger partial charge on any atom is 0.196 e. The van der Waals surface area contributed by atoms with Crippen LogP contribution in [0.5, 0.6) is 0 Å². The minimum absolute atomic E-state index is 0.00844. The van der Waals surface area contributed by atoms with Crippen molar-refractivity contribution < 1.29 is 4.79 Å². The van der Waals surface area contributed by atoms with Crippen molar-refractivity contribution in [2.45, 2.75) is 5.16 Å². The molecule has 0 aliphatic heterocycles. The summed E-state index contributed by atoms with van der Waals surface area (Å²) in [5, 5.41) is 10.1. The topological polar surface area (TPSA) is 65.6 Å². The van der Waals surface area contributed by atoms with E-state index in [0.29, 0.717) is 26.7 Å². The fraction of sp³-hybridized carbons (Fsp3) is 0.100. The van der Waals surface area contributed by atoms with E-state index in [0.717, 1.165) is 11.3 Å². The van der Waals surface area contributed by atoms with Gasteiger partial charge in [-0.2, -0.15) is 0 Å². The Morgan fingerprint density at radius 3 is 2.66 bits per heavy atom. The lowest BCUT2D eigenvalue weighted by Gasteiger charge is -2.11. The highest BCUT2D eigenvalue weighted by Crippen LogP contribution is 2.31. The van der Waals surface area contributed by atoms with Crippen LogP contribution in [0, 0.1) is 0 Å². The molecule has 0 N–H and O–H groups in total. The Bertz CT molecular complexity index is 1170. The van der Waals surface area contributed by atoms with E-state index < -0.39 is 0 Å². The van der Waals surface area contributed by atoms with Crippen LogP contribution in [-0.4, -0.2) is 35.9 Å². The van der Waals surface area contributed by atoms with Gasteiger partial charge in [0, 0.05) is 31.2 Å². The van der Waals surface area contributed by atoms with Crippen molar-refractivity contribution in [2.75, 3.05) is 5.75 Å². The van der Waals surface area contributed by atoms with Gasteiger partial charge in [0.15, 0.2) is 16.8 Å². The monoisotopic (exact) mass is 443 g/mol. The van der Waals surface area contributed by atoms with Gasteiger partial charge in [-0.3, -0.25) is 14.3 Å². The summed E-state index contributed by atoms with van der Waals surface area (Å²) in [6.07, 6.45) is 5.25. The van der Waals surface area contributed by atoms with E-state index in [4.69, 9.17) is 23.2 Å². The number of Topliss-reactive ketones (excluding diaryl/α,β-unsaturated/α-hetero) is 1. The van der Waals surface area contributed by atoms with E-state index in [-0.39, 0.29) is 11.5 Å². The predicted molar refractivity (Wildman–Crippen MR) is 115 cm³/mol. The zero-order valence-electron chi connectivity index (χ0n) is 15.3. The third-order valence-electron chi connectivity index (χ3n) is 4.28. The minimum Gasteiger partial charge on any atom is -0.348 e. The zero-order valence-corrected chi connectivity index (χ0v) is 17.6. The molecular formula is C20H15Cl2N5OS. The maximum atomic E-state index is 12.6. The third kappa shape index (κ3) is 4.07. The quantitative estimate of drug-likeness (QED) is 0.311. The Morgan fingerprint density at radius 2 is 1.97 bits per heavy atom. The average molecular weight is 444 g/mol. The van der Waals surface area contributed by atoms with Crippen LogP contribution in [0.4, 0.5) is 0 Å². The van der Waals surface area contributed by atoms with Gasteiger partial charge in [-0.1, -0.05) is 35.0 Å². The van der Waals surface area contributed by atoms with Crippen molar-refractivity contribution in [3.63, 3.8) is 0 Å². The van der Waals surface area contributed by atoms with Crippen LogP contribution < -0.4 is 0 Å². The summed E-state index contributed by atoms with van der Waals surface area (Å²) in [6, 6.07) is 12.7. The Balaban J connectivity index is 1.72. The molecule has 1 aromatic carbocycles. The number of hydrogen-bond donors (Lipinski definition) is 0. The summed E-state index contributed by atoms with van der Waals surface area (Å²) in [5.74, 6) is 0.837. The molecule has 4 rings (SSSR count). The second kappa shape index (κ2) is 8.41. The maximum absolute atomic E-state index is 12.6. The standard InChI is InChI=1S/C20H15Cl2N5OS/c1-26-9-3-5-17(26)18(28)12-29-20-25-24-19(13-4-2-8-23-11-13)27(20)14-6-7-15(21)16(22)10-14/h2-11H,12H2,1H3. The summed E-state index contributed by atoms with van der Waals surface area (Å²) < 4.78 is 3.65. The largest absolute Gasteiger partial charge is 0.348 e. The molecule has 146 valence electrons. The molecule has 9 heteroatoms. The van der Waals surface area contributed by atoms with Gasteiger partial charge in [0.1, 0.15) is 0 Å². The smallest absolute Gasteiger partial charge is 0.196 e. The summed E-state index contributed by atoms with van der Waals surface area (Å²) in [6.45, 7) is 0. The summed E-state index contributed by atoms with van der Waals surface area (Å²) in [7, 11) is 1.84. The number of thioether (sulfide) groups is 1. The van der Waals surface area contributed by atoms with E-state index in [9.17, 15) is 4.79 Å². The lowest BCUT2D eigenvalue weighted by Crippen LogP contribution is -2.09. The lowest BCUT2D eigenvalue weighted by atomic mass is 10.2. The molecule has 0 saturated carbocycles. The Kier molecular flexibility index (Phi) is 5.71. The summed E-state index contributed by atoms with van der Waals surface area (Å²) in [4.78, 5) is 16.7. The van der Waals surface area contributed by atoms with Crippen molar-refractivity contribution >= 4 is 40.7 Å². The van der Waals surface area contributed by atoms with Crippen LogP contribution >= 0.6 is 35.0 Å². The molecular weight excluding hydrogens is 429 g/mol. The van der Waals surface area contributed by atoms with Gasteiger partial charge in [0.2, 0.25) is 0 Å². The molecule has 0 bridgehead atoms. The number of rotatable bonds is 6. The first-order valence-corrected chi connectivity index (χ1v) is 10.4. The number of pyridine rings is 1. The SMILES string of the molecule is Cn1cccc1C(=O)CSc1nnc(-c2cccnc2)n1-c1ccc(Cl)c(Cl)c1. The van der Waals surface area contributed by atoms with Crippen LogP contribution in [0.1, 0.15) is 10.5 Å². The first-order valence-electron chi connectivity index (χ1n) is 8.63. The van der Waals surface area contributed by atoms with E-state index in [2.05, 4.69) is 15.2 Å². The number of ketones is 1. The Labute approximate surface area is 181 Å². The minimum atomic E-state index is 0.00844. The Hall–Kier alpha value is -2.61. The van der Waals surface area contributed by atoms with Crippen molar-refractivity contribution in [3.05, 3.63) is 76.8 Å². The van der Waals surface area contributed by atoms with E-state index >= 15 is 0 Å². The van der Waals surface area contributed by atoms with Crippen LogP contribution in [0.2, 0.25) is 10.0 Å². The molecule has 4 aromatic rings. The van der Waals surface area contributed by atoms with Gasteiger partial charge >= 0.3 is 0 Å². The normalized spacial score (nSPS) is 11.0. The molecule has 0 fully saturated rings. The highest BCUT2D eigenvalue weighted by molar-refractivity contribution is 7.99. The summed E-state index contributed by atoms with van der Waals surface area (Å²) >= 11 is 13.6. The van der Waals surface area contributed by atoms with Crippen molar-refractivity contribution in [3.8, 4) is 17.1 Å². The fourth-order valence-corrected chi connectivity index (χ4v) is 3.98. The first kappa shape index (κ1) is 19.7. The number of carbonyl (C=O) groups is 1. The molecule has 0 radical (unpaired) electrons. The first-order chi connectivity index (χ1) is 14.0. The van der Waals surface area contributed by atoms with Gasteiger partial charge in [0.25, 0.3) is 0 Å². The molecule has 29 heavy (non-hydrogen) atoms. The van der Waals surface area contributed by atoms with Gasteiger partial charge in [-0.15, -0.1) is 10.2 Å². The number of carbonyl (C=O) groups excluding carboxylic acids is 1. The van der Waals surface area contributed by atoms with Crippen molar-refractivity contribution in [1.29, 1.82) is 0 Å². The van der Waals surface area contributed by atoms with E-state index in [1.807, 2.05) is 42.1 Å². The number of aryl methyl sites for hydroxylation is 1. The van der Waals surface area contributed by atoms with Gasteiger partial charge in [0.05, 0.1) is 27.2 Å². The number of halogens is 2. The molecule has 6 nitrogen and oxygen atoms in total. The number of nitrogens with zero attached hydrogens (tertiary/aromatic N) is 5. The number of hydrogen-bond acceptors (Lipinski definition) is 5. The van der Waals surface area contributed by atoms with E-state index in [1.165, 1.54) is 11.8 Å². The predicted octanol–water partition coefficient (Wildman–Crippen LogP) is 4.95. The van der Waals surface area contributed by atoms with E-state index in [1.54, 1.807) is 35.2 Å². The van der Waals surface area contributed by atoms with Gasteiger partial charge in [-0.05, 0) is 42.5 Å². The zero-order chi connectivity index (χ0) is 20.4. The van der Waals surface area contributed by atoms with Crippen LogP contribution in [0.3, 0.4) is 0 Å². The average Bonchev–Trinajstić information content (AvgIpc) is 3.35. The van der Waals surface area contributed by atoms with Crippen LogP contribution in [-0.2, 0) is 7.05 Å². The second-order valence-corrected chi connectivity index (χ2v) is 7.95. The molecule has 0 aliphatic rings. The molecule has 0 aliphatic carbocycles. The number of benzene rings is 1. The molecule has 0 unspecified atom stereocenters. The molecule has 3 aromatic heterocycles. The molecule has 3 heterocycles. The van der Waals surface area contributed by atoms with Crippen molar-refractivity contribution in [1.82, 2.24) is 24.3 Å². The van der Waals surface area contributed by atoms with Crippen LogP contribution in [0.25, 0.3) is 17.1 Å². The highest BCUT2D eigenvalue weighted by Gasteiger charge is 2.19. The third-order valence-corrected chi connectivity index (χ3v) is 5.94. The molecule has 0 spiro atoms.